The fraction of sp³-hybridized carbons (Fsp3) is 0.379. The van der Waals surface area contributed by atoms with E-state index in [1.165, 1.54) is 12.1 Å². The number of rotatable bonds is 7. The van der Waals surface area contributed by atoms with Crippen LogP contribution in [0.5, 0.6) is 0 Å². The molecule has 4 aromatic rings. The maximum absolute atomic E-state index is 14.4. The van der Waals surface area contributed by atoms with Crippen molar-refractivity contribution in [2.24, 2.45) is 12.5 Å². The molecule has 0 bridgehead atoms. The third-order valence-electron chi connectivity index (χ3n) is 8.46. The fourth-order valence-corrected chi connectivity index (χ4v) is 8.69. The van der Waals surface area contributed by atoms with Gasteiger partial charge in [-0.3, -0.25) is 9.48 Å². The van der Waals surface area contributed by atoms with Gasteiger partial charge in [-0.2, -0.15) is 23.4 Å². The summed E-state index contributed by atoms with van der Waals surface area (Å²) in [5.41, 5.74) is 1.75. The molecule has 1 aromatic carbocycles. The number of allylic oxidation sites excluding steroid dienone is 1. The third-order valence-corrected chi connectivity index (χ3v) is 11.1. The third kappa shape index (κ3) is 4.98. The summed E-state index contributed by atoms with van der Waals surface area (Å²) in [5, 5.41) is 8.51. The van der Waals surface area contributed by atoms with Crippen LogP contribution in [-0.2, 0) is 30.6 Å². The molecule has 0 saturated heterocycles. The first-order valence-electron chi connectivity index (χ1n) is 13.8. The van der Waals surface area contributed by atoms with Crippen molar-refractivity contribution in [3.8, 4) is 5.69 Å². The van der Waals surface area contributed by atoms with Crippen LogP contribution in [0.2, 0.25) is 0 Å². The lowest BCUT2D eigenvalue weighted by Crippen LogP contribution is -2.50. The van der Waals surface area contributed by atoms with Gasteiger partial charge in [0.1, 0.15) is 21.7 Å². The molecule has 2 fully saturated rings. The number of Topliss-reactive ketones (excluding diaryl/α,β-unsaturated/α-hetero) is 1. The number of halogens is 4. The highest BCUT2D eigenvalue weighted by molar-refractivity contribution is 7.82. The first-order chi connectivity index (χ1) is 20.5. The van der Waals surface area contributed by atoms with Crippen molar-refractivity contribution in [1.82, 2.24) is 28.9 Å². The van der Waals surface area contributed by atoms with Crippen LogP contribution in [-0.4, -0.2) is 50.9 Å². The highest BCUT2D eigenvalue weighted by atomic mass is 32.2. The van der Waals surface area contributed by atoms with Crippen LogP contribution in [0.25, 0.3) is 11.8 Å². The molecule has 0 aliphatic heterocycles. The van der Waals surface area contributed by atoms with Gasteiger partial charge >= 0.3 is 6.18 Å². The van der Waals surface area contributed by atoms with Gasteiger partial charge in [0.15, 0.2) is 5.01 Å². The quantitative estimate of drug-likeness (QED) is 0.191. The zero-order valence-corrected chi connectivity index (χ0v) is 24.6. The van der Waals surface area contributed by atoms with Gasteiger partial charge in [-0.25, -0.2) is 22.6 Å². The minimum absolute atomic E-state index is 0.0841. The number of nitrogens with zero attached hydrogens (tertiary/aromatic N) is 6. The van der Waals surface area contributed by atoms with Crippen molar-refractivity contribution >= 4 is 34.2 Å². The molecule has 3 aromatic heterocycles. The lowest BCUT2D eigenvalue weighted by Gasteiger charge is -2.46. The average Bonchev–Trinajstić information content (AvgIpc) is 3.33. The van der Waals surface area contributed by atoms with Gasteiger partial charge in [0, 0.05) is 25.3 Å². The van der Waals surface area contributed by atoms with Crippen molar-refractivity contribution in [1.29, 1.82) is 0 Å². The number of ketones is 1. The van der Waals surface area contributed by atoms with Gasteiger partial charge in [0.2, 0.25) is 5.78 Å². The molecule has 7 rings (SSSR count). The number of hydrogen-bond donors (Lipinski definition) is 0. The number of thiazole rings is 1. The lowest BCUT2D eigenvalue weighted by molar-refractivity contribution is -0.134. The van der Waals surface area contributed by atoms with E-state index in [2.05, 4.69) is 15.2 Å². The highest BCUT2D eigenvalue weighted by Gasteiger charge is 2.53. The van der Waals surface area contributed by atoms with Crippen molar-refractivity contribution in [3.05, 3.63) is 81.6 Å². The van der Waals surface area contributed by atoms with Gasteiger partial charge in [-0.15, -0.1) is 11.3 Å². The maximum Gasteiger partial charge on any atom is 0.427 e. The first kappa shape index (κ1) is 28.3. The van der Waals surface area contributed by atoms with E-state index in [4.69, 9.17) is 0 Å². The maximum atomic E-state index is 14.4. The zero-order valence-electron chi connectivity index (χ0n) is 22.9. The van der Waals surface area contributed by atoms with Crippen LogP contribution in [0, 0.1) is 11.2 Å². The summed E-state index contributed by atoms with van der Waals surface area (Å²) in [5.74, 6) is -0.844. The second-order valence-electron chi connectivity index (χ2n) is 11.3. The molecule has 3 atom stereocenters. The smallest absolute Gasteiger partial charge is 0.290 e. The van der Waals surface area contributed by atoms with Crippen molar-refractivity contribution in [2.45, 2.75) is 61.7 Å². The van der Waals surface area contributed by atoms with E-state index in [-0.39, 0.29) is 35.8 Å². The van der Waals surface area contributed by atoms with Crippen LogP contribution in [0.15, 0.2) is 59.5 Å². The van der Waals surface area contributed by atoms with Crippen LogP contribution in [0.1, 0.15) is 58.0 Å². The van der Waals surface area contributed by atoms with Crippen LogP contribution in [0.3, 0.4) is 0 Å². The predicted octanol–water partition coefficient (Wildman–Crippen LogP) is 5.77. The van der Waals surface area contributed by atoms with E-state index in [9.17, 15) is 26.6 Å². The molecule has 8 nitrogen and oxygen atoms in total. The number of hydrogen-bond acceptors (Lipinski definition) is 6. The van der Waals surface area contributed by atoms with E-state index in [1.807, 2.05) is 10.4 Å². The van der Waals surface area contributed by atoms with Gasteiger partial charge < -0.3 is 0 Å². The topological polar surface area (TPSA) is 85.9 Å². The molecular weight excluding hydrogens is 604 g/mol. The second kappa shape index (κ2) is 10.3. The number of carbonyl (C=O) groups is 1. The Morgan fingerprint density at radius 2 is 1.86 bits per heavy atom. The van der Waals surface area contributed by atoms with Gasteiger partial charge in [-0.1, -0.05) is 5.57 Å². The van der Waals surface area contributed by atoms with E-state index < -0.39 is 33.2 Å². The van der Waals surface area contributed by atoms with Crippen molar-refractivity contribution in [3.63, 3.8) is 0 Å². The predicted molar refractivity (Wildman–Crippen MR) is 151 cm³/mol. The Labute approximate surface area is 250 Å². The van der Waals surface area contributed by atoms with E-state index in [0.717, 1.165) is 29.7 Å². The lowest BCUT2D eigenvalue weighted by atomic mass is 9.61. The molecule has 0 spiro atoms. The molecule has 3 aliphatic carbocycles. The van der Waals surface area contributed by atoms with E-state index in [0.29, 0.717) is 41.0 Å². The minimum atomic E-state index is -4.61. The van der Waals surface area contributed by atoms with Crippen LogP contribution >= 0.6 is 11.3 Å². The molecule has 2 saturated carbocycles. The molecule has 3 aliphatic rings. The van der Waals surface area contributed by atoms with Crippen LogP contribution in [0.4, 0.5) is 17.6 Å². The molecule has 224 valence electrons. The van der Waals surface area contributed by atoms with E-state index >= 15 is 0 Å². The standard InChI is InChI=1S/C29H26F4N6O2S2/c1-37-16-23(14-35-37)43(41)39(21-8-9-21)22-5-2-18-10-24-17(13-36-38(24)20-6-3-19(30)4-7-20)11-28(18,12-22)26(40)27-34-15-25(42-27)29(31,32)33/h3-4,6-7,10,13-16,21-22H,2,5,8-9,11-12H2,1H3/t22-,28-,43?/m0/s1. The summed E-state index contributed by atoms with van der Waals surface area (Å²) in [6.45, 7) is 0. The highest BCUT2D eigenvalue weighted by Crippen LogP contribution is 2.53. The Morgan fingerprint density at radius 3 is 2.51 bits per heavy atom. The molecule has 1 unspecified atom stereocenters. The van der Waals surface area contributed by atoms with Gasteiger partial charge in [-0.05, 0) is 74.4 Å². The number of fused-ring (bicyclic) bond motifs is 2. The Kier molecular flexibility index (Phi) is 6.78. The zero-order chi connectivity index (χ0) is 30.1. The number of benzene rings is 1. The normalized spacial score (nSPS) is 22.7. The number of aryl methyl sites for hydroxylation is 1. The largest absolute Gasteiger partial charge is 0.427 e. The molecule has 0 radical (unpaired) electrons. The fourth-order valence-electron chi connectivity index (χ4n) is 6.31. The number of carbonyl (C=O) groups excluding carboxylic acids is 1. The monoisotopic (exact) mass is 630 g/mol. The molecule has 14 heteroatoms. The van der Waals surface area contributed by atoms with Crippen LogP contribution < -0.4 is 0 Å². The summed E-state index contributed by atoms with van der Waals surface area (Å²) < 4.78 is 73.2. The summed E-state index contributed by atoms with van der Waals surface area (Å²) in [7, 11) is 0.234. The molecule has 0 amide bonds. The summed E-state index contributed by atoms with van der Waals surface area (Å²) in [4.78, 5) is 18.0. The first-order valence-corrected chi connectivity index (χ1v) is 15.8. The SMILES string of the molecule is Cn1cc(S(=O)N(C2CC2)[C@H]2CCC3=Cc4c(cnn4-c4ccc(F)cc4)C[C@]3(C(=O)c3ncc(C(F)(F)F)s3)C2)cn1. The molecule has 43 heavy (non-hydrogen) atoms. The summed E-state index contributed by atoms with van der Waals surface area (Å²) in [6, 6.07) is 5.73. The van der Waals surface area contributed by atoms with E-state index in [1.54, 1.807) is 47.1 Å². The van der Waals surface area contributed by atoms with Crippen molar-refractivity contribution in [2.75, 3.05) is 0 Å². The Morgan fingerprint density at radius 1 is 1.09 bits per heavy atom. The second-order valence-corrected chi connectivity index (χ2v) is 13.7. The van der Waals surface area contributed by atoms with Crippen molar-refractivity contribution < 1.29 is 26.6 Å². The Bertz CT molecular complexity index is 1770. The summed E-state index contributed by atoms with van der Waals surface area (Å²) >= 11 is 0.357. The van der Waals surface area contributed by atoms with Gasteiger partial charge in [0.25, 0.3) is 0 Å². The molecule has 3 heterocycles. The molecular formula is C29H26F4N6O2S2. The molecule has 0 N–H and O–H groups in total. The van der Waals surface area contributed by atoms with Gasteiger partial charge in [0.05, 0.1) is 40.3 Å². The summed E-state index contributed by atoms with van der Waals surface area (Å²) in [6.07, 6.45) is 6.30. The number of alkyl halides is 3. The average molecular weight is 631 g/mol. The minimum Gasteiger partial charge on any atom is -0.290 e. The Hall–Kier alpha value is -3.49. The Balaban J connectivity index is 1.30. The number of aromatic nitrogens is 5.